The third kappa shape index (κ3) is 3.22. The summed E-state index contributed by atoms with van der Waals surface area (Å²) in [4.78, 5) is 0.313. The molecule has 0 radical (unpaired) electrons. The minimum absolute atomic E-state index is 0.0228. The third-order valence-electron chi connectivity index (χ3n) is 4.50. The third-order valence-corrected chi connectivity index (χ3v) is 6.09. The van der Waals surface area contributed by atoms with Crippen LogP contribution in [0.15, 0.2) is 29.2 Å². The summed E-state index contributed by atoms with van der Waals surface area (Å²) in [6, 6.07) is 6.96. The highest BCUT2D eigenvalue weighted by molar-refractivity contribution is 7.89. The molecule has 1 fully saturated rings. The Kier molecular flexibility index (Phi) is 4.83. The van der Waals surface area contributed by atoms with Gasteiger partial charge in [0.05, 0.1) is 4.90 Å². The zero-order valence-corrected chi connectivity index (χ0v) is 13.0. The van der Waals surface area contributed by atoms with Crippen LogP contribution in [0.5, 0.6) is 0 Å². The van der Waals surface area contributed by atoms with Gasteiger partial charge in [0, 0.05) is 12.6 Å². The van der Waals surface area contributed by atoms with Gasteiger partial charge in [-0.2, -0.15) is 0 Å². The van der Waals surface area contributed by atoms with Crippen molar-refractivity contribution < 1.29 is 8.42 Å². The van der Waals surface area contributed by atoms with Gasteiger partial charge in [0.1, 0.15) is 0 Å². The van der Waals surface area contributed by atoms with Gasteiger partial charge in [-0.3, -0.25) is 0 Å². The maximum absolute atomic E-state index is 12.6. The van der Waals surface area contributed by atoms with Crippen molar-refractivity contribution in [2.75, 3.05) is 0 Å². The summed E-state index contributed by atoms with van der Waals surface area (Å²) < 4.78 is 28.0. The average Bonchev–Trinajstić information content (AvgIpc) is 2.43. The van der Waals surface area contributed by atoms with E-state index in [-0.39, 0.29) is 12.6 Å². The standard InChI is InChI=1S/C15H24N2O2S/c1-11-6-5-8-14(12(11)2)17-20(18,19)15-9-4-3-7-13(15)10-16/h3-4,7,9,11-12,14,17H,5-6,8,10,16H2,1-2H3. The Morgan fingerprint density at radius 3 is 2.65 bits per heavy atom. The van der Waals surface area contributed by atoms with E-state index in [1.165, 1.54) is 6.42 Å². The van der Waals surface area contributed by atoms with E-state index in [0.717, 1.165) is 12.8 Å². The zero-order valence-electron chi connectivity index (χ0n) is 12.2. The van der Waals surface area contributed by atoms with Crippen LogP contribution >= 0.6 is 0 Å². The summed E-state index contributed by atoms with van der Waals surface area (Å²) in [5.74, 6) is 0.921. The van der Waals surface area contributed by atoms with Crippen LogP contribution in [0.3, 0.4) is 0 Å². The molecular weight excluding hydrogens is 272 g/mol. The average molecular weight is 296 g/mol. The number of rotatable bonds is 4. The summed E-state index contributed by atoms with van der Waals surface area (Å²) in [7, 11) is -3.49. The van der Waals surface area contributed by atoms with Gasteiger partial charge in [0.15, 0.2) is 0 Å². The van der Waals surface area contributed by atoms with E-state index in [1.54, 1.807) is 18.2 Å². The summed E-state index contributed by atoms with van der Waals surface area (Å²) >= 11 is 0. The molecule has 4 nitrogen and oxygen atoms in total. The van der Waals surface area contributed by atoms with Crippen molar-refractivity contribution in [2.45, 2.75) is 50.6 Å². The second kappa shape index (κ2) is 6.24. The molecule has 0 bridgehead atoms. The van der Waals surface area contributed by atoms with Crippen LogP contribution in [0.2, 0.25) is 0 Å². The Bertz CT molecular complexity index is 557. The van der Waals surface area contributed by atoms with E-state index >= 15 is 0 Å². The molecule has 1 aromatic rings. The van der Waals surface area contributed by atoms with Crippen LogP contribution in [0, 0.1) is 11.8 Å². The zero-order chi connectivity index (χ0) is 14.8. The first-order valence-electron chi connectivity index (χ1n) is 7.26. The molecule has 20 heavy (non-hydrogen) atoms. The molecule has 2 rings (SSSR count). The lowest BCUT2D eigenvalue weighted by Crippen LogP contribution is -2.43. The van der Waals surface area contributed by atoms with Gasteiger partial charge in [0.25, 0.3) is 0 Å². The number of hydrogen-bond donors (Lipinski definition) is 2. The Balaban J connectivity index is 2.23. The fourth-order valence-corrected chi connectivity index (χ4v) is 4.56. The van der Waals surface area contributed by atoms with Gasteiger partial charge >= 0.3 is 0 Å². The quantitative estimate of drug-likeness (QED) is 0.895. The van der Waals surface area contributed by atoms with Crippen molar-refractivity contribution in [3.63, 3.8) is 0 Å². The van der Waals surface area contributed by atoms with Gasteiger partial charge in [0.2, 0.25) is 10.0 Å². The molecule has 3 atom stereocenters. The SMILES string of the molecule is CC1CCCC(NS(=O)(=O)c2ccccc2CN)C1C. The summed E-state index contributed by atoms with van der Waals surface area (Å²) in [6.07, 6.45) is 3.17. The summed E-state index contributed by atoms with van der Waals surface area (Å²) in [6.45, 7) is 4.55. The van der Waals surface area contributed by atoms with Gasteiger partial charge in [-0.1, -0.05) is 44.9 Å². The lowest BCUT2D eigenvalue weighted by atomic mass is 9.78. The summed E-state index contributed by atoms with van der Waals surface area (Å²) in [5, 5.41) is 0. The van der Waals surface area contributed by atoms with Crippen LogP contribution in [-0.2, 0) is 16.6 Å². The van der Waals surface area contributed by atoms with Crippen molar-refractivity contribution >= 4 is 10.0 Å². The Hall–Kier alpha value is -0.910. The molecule has 0 spiro atoms. The molecule has 0 heterocycles. The second-order valence-electron chi connectivity index (χ2n) is 5.81. The number of nitrogens with one attached hydrogen (secondary N) is 1. The molecule has 0 aromatic heterocycles. The van der Waals surface area contributed by atoms with Gasteiger partial charge < -0.3 is 5.73 Å². The van der Waals surface area contributed by atoms with E-state index in [0.29, 0.717) is 22.3 Å². The Morgan fingerprint density at radius 2 is 1.95 bits per heavy atom. The fraction of sp³-hybridized carbons (Fsp3) is 0.600. The van der Waals surface area contributed by atoms with Crippen LogP contribution < -0.4 is 10.5 Å². The van der Waals surface area contributed by atoms with Gasteiger partial charge in [-0.25, -0.2) is 13.1 Å². The van der Waals surface area contributed by atoms with Crippen LogP contribution in [0.1, 0.15) is 38.7 Å². The molecule has 0 aliphatic heterocycles. The van der Waals surface area contributed by atoms with Crippen molar-refractivity contribution in [1.82, 2.24) is 4.72 Å². The first kappa shape index (κ1) is 15.5. The molecule has 0 amide bonds. The molecule has 0 saturated heterocycles. The topological polar surface area (TPSA) is 72.2 Å². The van der Waals surface area contributed by atoms with E-state index < -0.39 is 10.0 Å². The fourth-order valence-electron chi connectivity index (χ4n) is 2.95. The van der Waals surface area contributed by atoms with Crippen LogP contribution in [0.4, 0.5) is 0 Å². The highest BCUT2D eigenvalue weighted by Gasteiger charge is 2.31. The predicted molar refractivity (Wildman–Crippen MR) is 80.6 cm³/mol. The van der Waals surface area contributed by atoms with Crippen molar-refractivity contribution in [1.29, 1.82) is 0 Å². The minimum Gasteiger partial charge on any atom is -0.326 e. The molecule has 1 aliphatic rings. The van der Waals surface area contributed by atoms with E-state index in [2.05, 4.69) is 18.6 Å². The Labute approximate surface area is 121 Å². The second-order valence-corrected chi connectivity index (χ2v) is 7.49. The molecular formula is C15H24N2O2S. The van der Waals surface area contributed by atoms with Crippen molar-refractivity contribution in [2.24, 2.45) is 17.6 Å². The van der Waals surface area contributed by atoms with E-state index in [4.69, 9.17) is 5.73 Å². The number of sulfonamides is 1. The first-order valence-corrected chi connectivity index (χ1v) is 8.74. The lowest BCUT2D eigenvalue weighted by molar-refractivity contribution is 0.227. The van der Waals surface area contributed by atoms with Crippen LogP contribution in [0.25, 0.3) is 0 Å². The lowest BCUT2D eigenvalue weighted by Gasteiger charge is -2.34. The number of hydrogen-bond acceptors (Lipinski definition) is 3. The first-order chi connectivity index (χ1) is 9.45. The molecule has 5 heteroatoms. The highest BCUT2D eigenvalue weighted by Crippen LogP contribution is 2.30. The highest BCUT2D eigenvalue weighted by atomic mass is 32.2. The smallest absolute Gasteiger partial charge is 0.241 e. The molecule has 1 aromatic carbocycles. The largest absolute Gasteiger partial charge is 0.326 e. The number of benzene rings is 1. The molecule has 1 saturated carbocycles. The maximum atomic E-state index is 12.6. The Morgan fingerprint density at radius 1 is 1.25 bits per heavy atom. The molecule has 3 unspecified atom stereocenters. The molecule has 3 N–H and O–H groups in total. The molecule has 112 valence electrons. The van der Waals surface area contributed by atoms with Crippen molar-refractivity contribution in [3.05, 3.63) is 29.8 Å². The van der Waals surface area contributed by atoms with Crippen LogP contribution in [-0.4, -0.2) is 14.5 Å². The number of nitrogens with two attached hydrogens (primary N) is 1. The summed E-state index contributed by atoms with van der Waals surface area (Å²) in [5.41, 5.74) is 6.30. The monoisotopic (exact) mass is 296 g/mol. The van der Waals surface area contributed by atoms with E-state index in [1.807, 2.05) is 6.07 Å². The maximum Gasteiger partial charge on any atom is 0.241 e. The minimum atomic E-state index is -3.49. The normalized spacial score (nSPS) is 27.4. The molecule has 1 aliphatic carbocycles. The van der Waals surface area contributed by atoms with E-state index in [9.17, 15) is 8.42 Å². The van der Waals surface area contributed by atoms with Crippen molar-refractivity contribution in [3.8, 4) is 0 Å². The van der Waals surface area contributed by atoms with Gasteiger partial charge in [-0.15, -0.1) is 0 Å². The predicted octanol–water partition coefficient (Wildman–Crippen LogP) is 2.25. The van der Waals surface area contributed by atoms with Gasteiger partial charge in [-0.05, 0) is 29.9 Å².